The lowest BCUT2D eigenvalue weighted by atomic mass is 9.94. The van der Waals surface area contributed by atoms with Crippen LogP contribution in [0.2, 0.25) is 0 Å². The molecule has 0 amide bonds. The van der Waals surface area contributed by atoms with Crippen molar-refractivity contribution >= 4 is 5.97 Å². The van der Waals surface area contributed by atoms with Gasteiger partial charge in [-0.2, -0.15) is 0 Å². The second-order valence-electron chi connectivity index (χ2n) is 4.49. The van der Waals surface area contributed by atoms with Gasteiger partial charge in [-0.15, -0.1) is 0 Å². The maximum atomic E-state index is 11.6. The lowest BCUT2D eigenvalue weighted by molar-refractivity contribution is -0.149. The lowest BCUT2D eigenvalue weighted by Gasteiger charge is -2.22. The van der Waals surface area contributed by atoms with E-state index >= 15 is 0 Å². The van der Waals surface area contributed by atoms with E-state index in [9.17, 15) is 4.79 Å². The first-order valence-corrected chi connectivity index (χ1v) is 6.08. The minimum atomic E-state index is -0.935. The zero-order chi connectivity index (χ0) is 13.6. The molecule has 0 aliphatic carbocycles. The van der Waals surface area contributed by atoms with Crippen molar-refractivity contribution in [1.82, 2.24) is 0 Å². The number of rotatable bonds is 6. The predicted molar refractivity (Wildman–Crippen MR) is 70.5 cm³/mol. The fraction of sp³-hybridized carbons (Fsp3) is 0.500. The van der Waals surface area contributed by atoms with Gasteiger partial charge in [0.25, 0.3) is 0 Å². The van der Waals surface area contributed by atoms with E-state index < -0.39 is 5.54 Å². The van der Waals surface area contributed by atoms with Crippen LogP contribution < -0.4 is 10.5 Å². The molecule has 1 aromatic rings. The van der Waals surface area contributed by atoms with Crippen molar-refractivity contribution < 1.29 is 14.3 Å². The summed E-state index contributed by atoms with van der Waals surface area (Å²) in [5.41, 5.74) is 6.14. The van der Waals surface area contributed by atoms with Gasteiger partial charge in [0.2, 0.25) is 0 Å². The Morgan fingerprint density at radius 2 is 1.94 bits per heavy atom. The molecular weight excluding hydrogens is 230 g/mol. The Morgan fingerprint density at radius 1 is 1.33 bits per heavy atom. The monoisotopic (exact) mass is 251 g/mol. The van der Waals surface area contributed by atoms with Gasteiger partial charge in [-0.05, 0) is 44.4 Å². The number of hydrogen-bond donors (Lipinski definition) is 1. The number of ether oxygens (including phenoxy) is 2. The van der Waals surface area contributed by atoms with Crippen molar-refractivity contribution in [2.24, 2.45) is 5.73 Å². The summed E-state index contributed by atoms with van der Waals surface area (Å²) in [6.45, 7) is 3.83. The molecule has 0 radical (unpaired) electrons. The number of benzene rings is 1. The van der Waals surface area contributed by atoms with E-state index in [0.717, 1.165) is 17.7 Å². The van der Waals surface area contributed by atoms with Gasteiger partial charge in [0, 0.05) is 0 Å². The summed E-state index contributed by atoms with van der Waals surface area (Å²) in [7, 11) is 1.63. The van der Waals surface area contributed by atoms with Crippen molar-refractivity contribution in [2.45, 2.75) is 32.2 Å². The van der Waals surface area contributed by atoms with Crippen LogP contribution in [0.15, 0.2) is 24.3 Å². The number of nitrogens with two attached hydrogens (primary N) is 1. The van der Waals surface area contributed by atoms with Gasteiger partial charge in [0.05, 0.1) is 13.7 Å². The van der Waals surface area contributed by atoms with E-state index in [1.807, 2.05) is 24.3 Å². The molecule has 4 nitrogen and oxygen atoms in total. The smallest absolute Gasteiger partial charge is 0.325 e. The van der Waals surface area contributed by atoms with Crippen molar-refractivity contribution in [3.8, 4) is 5.75 Å². The highest BCUT2D eigenvalue weighted by Crippen LogP contribution is 2.16. The highest BCUT2D eigenvalue weighted by atomic mass is 16.5. The number of esters is 1. The zero-order valence-corrected chi connectivity index (χ0v) is 11.2. The molecule has 2 N–H and O–H groups in total. The van der Waals surface area contributed by atoms with Gasteiger partial charge < -0.3 is 15.2 Å². The number of hydrogen-bond acceptors (Lipinski definition) is 4. The van der Waals surface area contributed by atoms with Crippen LogP contribution in [0.25, 0.3) is 0 Å². The normalized spacial score (nSPS) is 13.8. The van der Waals surface area contributed by atoms with Crippen molar-refractivity contribution in [3.63, 3.8) is 0 Å². The van der Waals surface area contributed by atoms with Crippen LogP contribution in [-0.2, 0) is 16.0 Å². The summed E-state index contributed by atoms with van der Waals surface area (Å²) < 4.78 is 10.0. The molecular formula is C14H21NO3. The Labute approximate surface area is 108 Å². The summed E-state index contributed by atoms with van der Waals surface area (Å²) in [6.07, 6.45) is 1.29. The highest BCUT2D eigenvalue weighted by molar-refractivity contribution is 5.79. The third kappa shape index (κ3) is 4.04. The molecule has 1 rings (SSSR count). The van der Waals surface area contributed by atoms with E-state index in [0.29, 0.717) is 13.0 Å². The number of aryl methyl sites for hydroxylation is 1. The molecule has 0 heterocycles. The molecule has 0 aromatic heterocycles. The molecule has 0 aliphatic heterocycles. The van der Waals surface area contributed by atoms with Crippen LogP contribution >= 0.6 is 0 Å². The first-order valence-electron chi connectivity index (χ1n) is 6.08. The Kier molecular flexibility index (Phi) is 5.16. The molecule has 0 saturated carbocycles. The third-order valence-electron chi connectivity index (χ3n) is 2.83. The number of carbonyl (C=O) groups excluding carboxylic acids is 1. The fourth-order valence-corrected chi connectivity index (χ4v) is 1.59. The van der Waals surface area contributed by atoms with Gasteiger partial charge in [0.1, 0.15) is 11.3 Å². The maximum absolute atomic E-state index is 11.6. The van der Waals surface area contributed by atoms with Crippen LogP contribution in [0.4, 0.5) is 0 Å². The molecule has 1 aromatic carbocycles. The van der Waals surface area contributed by atoms with Crippen molar-refractivity contribution in [2.75, 3.05) is 13.7 Å². The Bertz CT molecular complexity index is 385. The molecule has 0 saturated heterocycles. The maximum Gasteiger partial charge on any atom is 0.325 e. The van der Waals surface area contributed by atoms with Crippen LogP contribution in [0.5, 0.6) is 5.75 Å². The topological polar surface area (TPSA) is 61.5 Å². The summed E-state index contributed by atoms with van der Waals surface area (Å²) in [5, 5.41) is 0. The Morgan fingerprint density at radius 3 is 2.44 bits per heavy atom. The first-order chi connectivity index (χ1) is 8.49. The van der Waals surface area contributed by atoms with E-state index in [2.05, 4.69) is 0 Å². The molecule has 18 heavy (non-hydrogen) atoms. The van der Waals surface area contributed by atoms with Gasteiger partial charge >= 0.3 is 5.97 Å². The van der Waals surface area contributed by atoms with E-state index in [1.54, 1.807) is 21.0 Å². The predicted octanol–water partition coefficient (Wildman–Crippen LogP) is 1.91. The SMILES string of the molecule is CCOC(=O)C(C)(N)CCc1ccc(OC)cc1. The Balaban J connectivity index is 2.55. The van der Waals surface area contributed by atoms with E-state index in [-0.39, 0.29) is 5.97 Å². The third-order valence-corrected chi connectivity index (χ3v) is 2.83. The van der Waals surface area contributed by atoms with Crippen LogP contribution in [0, 0.1) is 0 Å². The van der Waals surface area contributed by atoms with Gasteiger partial charge in [0.15, 0.2) is 0 Å². The van der Waals surface area contributed by atoms with Gasteiger partial charge in [-0.1, -0.05) is 12.1 Å². The van der Waals surface area contributed by atoms with Gasteiger partial charge in [-0.25, -0.2) is 0 Å². The average Bonchev–Trinajstić information content (AvgIpc) is 2.37. The van der Waals surface area contributed by atoms with Crippen LogP contribution in [0.3, 0.4) is 0 Å². The molecule has 1 atom stereocenters. The summed E-state index contributed by atoms with van der Waals surface area (Å²) in [6, 6.07) is 7.74. The molecule has 100 valence electrons. The minimum absolute atomic E-state index is 0.349. The molecule has 0 spiro atoms. The molecule has 1 unspecified atom stereocenters. The second kappa shape index (κ2) is 6.40. The standard InChI is InChI=1S/C14H21NO3/c1-4-18-13(16)14(2,15)10-9-11-5-7-12(17-3)8-6-11/h5-8H,4,9-10,15H2,1-3H3. The van der Waals surface area contributed by atoms with Crippen molar-refractivity contribution in [3.05, 3.63) is 29.8 Å². The summed E-state index contributed by atoms with van der Waals surface area (Å²) in [4.78, 5) is 11.6. The molecule has 0 aliphatic rings. The largest absolute Gasteiger partial charge is 0.497 e. The van der Waals surface area contributed by atoms with Crippen molar-refractivity contribution in [1.29, 1.82) is 0 Å². The van der Waals surface area contributed by atoms with Gasteiger partial charge in [-0.3, -0.25) is 4.79 Å². The van der Waals surface area contributed by atoms with Crippen LogP contribution in [-0.4, -0.2) is 25.2 Å². The number of methoxy groups -OCH3 is 1. The quantitative estimate of drug-likeness (QED) is 0.784. The lowest BCUT2D eigenvalue weighted by Crippen LogP contribution is -2.46. The Hall–Kier alpha value is -1.55. The summed E-state index contributed by atoms with van der Waals surface area (Å²) >= 11 is 0. The second-order valence-corrected chi connectivity index (χ2v) is 4.49. The molecule has 4 heteroatoms. The highest BCUT2D eigenvalue weighted by Gasteiger charge is 2.29. The minimum Gasteiger partial charge on any atom is -0.497 e. The zero-order valence-electron chi connectivity index (χ0n) is 11.2. The number of carbonyl (C=O) groups is 1. The van der Waals surface area contributed by atoms with E-state index in [1.165, 1.54) is 0 Å². The average molecular weight is 251 g/mol. The van der Waals surface area contributed by atoms with Crippen LogP contribution in [0.1, 0.15) is 25.8 Å². The first kappa shape index (κ1) is 14.5. The fourth-order valence-electron chi connectivity index (χ4n) is 1.59. The molecule has 0 fully saturated rings. The van der Waals surface area contributed by atoms with E-state index in [4.69, 9.17) is 15.2 Å². The summed E-state index contributed by atoms with van der Waals surface area (Å²) in [5.74, 6) is 0.471. The molecule has 0 bridgehead atoms.